The maximum Gasteiger partial charge on any atom is 0.360 e. The Hall–Kier alpha value is -1.47. The van der Waals surface area contributed by atoms with Crippen LogP contribution >= 0.6 is 0 Å². The average molecular weight is 280 g/mol. The topological polar surface area (TPSA) is 78.3 Å². The Bertz CT molecular complexity index is 476. The highest BCUT2D eigenvalue weighted by molar-refractivity contribution is 5.88. The number of esters is 1. The number of rotatable bonds is 3. The second-order valence-corrected chi connectivity index (χ2v) is 5.30. The van der Waals surface area contributed by atoms with Gasteiger partial charge in [-0.15, -0.1) is 5.10 Å². The first-order valence-electron chi connectivity index (χ1n) is 7.13. The van der Waals surface area contributed by atoms with Crippen LogP contribution in [-0.2, 0) is 9.47 Å². The van der Waals surface area contributed by atoms with Crippen molar-refractivity contribution in [1.82, 2.24) is 20.3 Å². The highest BCUT2D eigenvalue weighted by atomic mass is 16.5. The molecule has 1 aromatic rings. The fraction of sp³-hybridized carbons (Fsp3) is 0.769. The van der Waals surface area contributed by atoms with Gasteiger partial charge < -0.3 is 14.8 Å². The Balaban J connectivity index is 1.96. The van der Waals surface area contributed by atoms with E-state index < -0.39 is 5.97 Å². The molecule has 7 nitrogen and oxygen atoms in total. The van der Waals surface area contributed by atoms with Crippen molar-refractivity contribution in [1.29, 1.82) is 0 Å². The summed E-state index contributed by atoms with van der Waals surface area (Å²) in [5.74, 6) is -0.0929. The van der Waals surface area contributed by atoms with Gasteiger partial charge in [-0.1, -0.05) is 5.21 Å². The standard InChI is InChI=1S/C13H20N4O3/c1-19-13(18)11-12(9-2-5-14-6-3-9)17(16-15-11)10-4-7-20-8-10/h9-10,14H,2-8H2,1H3. The van der Waals surface area contributed by atoms with Crippen LogP contribution in [0.3, 0.4) is 0 Å². The van der Waals surface area contributed by atoms with Gasteiger partial charge >= 0.3 is 5.97 Å². The Kier molecular flexibility index (Phi) is 3.98. The van der Waals surface area contributed by atoms with Crippen LogP contribution in [-0.4, -0.2) is 54.4 Å². The molecule has 0 aromatic carbocycles. The van der Waals surface area contributed by atoms with Crippen molar-refractivity contribution >= 4 is 5.97 Å². The molecule has 2 aliphatic rings. The number of ether oxygens (including phenoxy) is 2. The molecule has 2 aliphatic heterocycles. The van der Waals surface area contributed by atoms with Crippen LogP contribution in [0.15, 0.2) is 0 Å². The van der Waals surface area contributed by atoms with Gasteiger partial charge in [0.05, 0.1) is 25.5 Å². The van der Waals surface area contributed by atoms with Crippen molar-refractivity contribution in [2.45, 2.75) is 31.2 Å². The van der Waals surface area contributed by atoms with Crippen LogP contribution in [0, 0.1) is 0 Å². The molecule has 2 fully saturated rings. The second kappa shape index (κ2) is 5.88. The third-order valence-corrected chi connectivity index (χ3v) is 4.09. The lowest BCUT2D eigenvalue weighted by Gasteiger charge is -2.25. The van der Waals surface area contributed by atoms with Crippen LogP contribution in [0.4, 0.5) is 0 Å². The van der Waals surface area contributed by atoms with Crippen LogP contribution in [0.2, 0.25) is 0 Å². The number of carbonyl (C=O) groups is 1. The molecule has 2 saturated heterocycles. The van der Waals surface area contributed by atoms with E-state index in [1.165, 1.54) is 7.11 Å². The molecule has 0 spiro atoms. The van der Waals surface area contributed by atoms with Crippen molar-refractivity contribution in [3.05, 3.63) is 11.4 Å². The van der Waals surface area contributed by atoms with Gasteiger partial charge in [-0.25, -0.2) is 9.48 Å². The molecular formula is C13H20N4O3. The number of piperidine rings is 1. The SMILES string of the molecule is COC(=O)c1nnn(C2CCOC2)c1C1CCNCC1. The summed E-state index contributed by atoms with van der Waals surface area (Å²) in [6.07, 6.45) is 2.90. The lowest BCUT2D eigenvalue weighted by molar-refractivity contribution is 0.0591. The summed E-state index contributed by atoms with van der Waals surface area (Å²) in [6, 6.07) is 0.186. The van der Waals surface area contributed by atoms with E-state index in [2.05, 4.69) is 15.6 Å². The van der Waals surface area contributed by atoms with Crippen molar-refractivity contribution < 1.29 is 14.3 Å². The molecule has 1 atom stereocenters. The maximum atomic E-state index is 11.9. The quantitative estimate of drug-likeness (QED) is 0.812. The van der Waals surface area contributed by atoms with Gasteiger partial charge in [0, 0.05) is 12.5 Å². The van der Waals surface area contributed by atoms with E-state index in [9.17, 15) is 4.79 Å². The molecule has 0 saturated carbocycles. The fourth-order valence-electron chi connectivity index (χ4n) is 3.00. The van der Waals surface area contributed by atoms with Gasteiger partial charge in [0.25, 0.3) is 0 Å². The van der Waals surface area contributed by atoms with Gasteiger partial charge in [-0.3, -0.25) is 0 Å². The van der Waals surface area contributed by atoms with Gasteiger partial charge in [0.1, 0.15) is 0 Å². The van der Waals surface area contributed by atoms with Gasteiger partial charge in [-0.05, 0) is 32.4 Å². The largest absolute Gasteiger partial charge is 0.464 e. The number of hydrogen-bond acceptors (Lipinski definition) is 6. The van der Waals surface area contributed by atoms with Crippen LogP contribution < -0.4 is 5.32 Å². The zero-order chi connectivity index (χ0) is 13.9. The third kappa shape index (κ3) is 2.43. The van der Waals surface area contributed by atoms with E-state index in [1.807, 2.05) is 4.68 Å². The predicted molar refractivity (Wildman–Crippen MR) is 70.7 cm³/mol. The summed E-state index contributed by atoms with van der Waals surface area (Å²) in [5.41, 5.74) is 1.29. The van der Waals surface area contributed by atoms with Gasteiger partial charge in [0.15, 0.2) is 5.69 Å². The Morgan fingerprint density at radius 3 is 2.85 bits per heavy atom. The van der Waals surface area contributed by atoms with Crippen molar-refractivity contribution in [3.8, 4) is 0 Å². The second-order valence-electron chi connectivity index (χ2n) is 5.30. The Morgan fingerprint density at radius 1 is 1.40 bits per heavy atom. The molecule has 20 heavy (non-hydrogen) atoms. The number of nitrogens with zero attached hydrogens (tertiary/aromatic N) is 3. The van der Waals surface area contributed by atoms with Gasteiger partial charge in [-0.2, -0.15) is 0 Å². The summed E-state index contributed by atoms with van der Waals surface area (Å²) in [4.78, 5) is 11.9. The normalized spacial score (nSPS) is 23.9. The molecule has 3 rings (SSSR count). The first kappa shape index (κ1) is 13.5. The summed E-state index contributed by atoms with van der Waals surface area (Å²) in [5, 5.41) is 11.6. The average Bonchev–Trinajstić information content (AvgIpc) is 3.15. The molecule has 1 aromatic heterocycles. The number of methoxy groups -OCH3 is 1. The molecule has 110 valence electrons. The third-order valence-electron chi connectivity index (χ3n) is 4.09. The summed E-state index contributed by atoms with van der Waals surface area (Å²) in [7, 11) is 1.38. The molecule has 3 heterocycles. The molecule has 0 radical (unpaired) electrons. The lowest BCUT2D eigenvalue weighted by atomic mass is 9.92. The van der Waals surface area contributed by atoms with Crippen molar-refractivity contribution in [3.63, 3.8) is 0 Å². The predicted octanol–water partition coefficient (Wildman–Crippen LogP) is 0.493. The Morgan fingerprint density at radius 2 is 2.20 bits per heavy atom. The summed E-state index contributed by atoms with van der Waals surface area (Å²) < 4.78 is 12.2. The number of hydrogen-bond donors (Lipinski definition) is 1. The highest BCUT2D eigenvalue weighted by Crippen LogP contribution is 2.31. The van der Waals surface area contributed by atoms with Crippen LogP contribution in [0.25, 0.3) is 0 Å². The minimum absolute atomic E-state index is 0.186. The molecule has 1 N–H and O–H groups in total. The van der Waals surface area contributed by atoms with E-state index in [-0.39, 0.29) is 6.04 Å². The van der Waals surface area contributed by atoms with E-state index >= 15 is 0 Å². The zero-order valence-electron chi connectivity index (χ0n) is 11.7. The summed E-state index contributed by atoms with van der Waals surface area (Å²) in [6.45, 7) is 3.29. The lowest BCUT2D eigenvalue weighted by Crippen LogP contribution is -2.29. The van der Waals surface area contributed by atoms with Crippen LogP contribution in [0.1, 0.15) is 47.4 Å². The highest BCUT2D eigenvalue weighted by Gasteiger charge is 2.32. The smallest absolute Gasteiger partial charge is 0.360 e. The fourth-order valence-corrected chi connectivity index (χ4v) is 3.00. The maximum absolute atomic E-state index is 11.9. The number of nitrogens with one attached hydrogen (secondary N) is 1. The Labute approximate surface area is 117 Å². The molecular weight excluding hydrogens is 260 g/mol. The van der Waals surface area contributed by atoms with E-state index in [4.69, 9.17) is 9.47 Å². The van der Waals surface area contributed by atoms with E-state index in [1.54, 1.807) is 0 Å². The van der Waals surface area contributed by atoms with Crippen LogP contribution in [0.5, 0.6) is 0 Å². The van der Waals surface area contributed by atoms with E-state index in [0.717, 1.165) is 44.7 Å². The molecule has 1 unspecified atom stereocenters. The molecule has 0 amide bonds. The number of aromatic nitrogens is 3. The minimum Gasteiger partial charge on any atom is -0.464 e. The minimum atomic E-state index is -0.399. The van der Waals surface area contributed by atoms with E-state index in [0.29, 0.717) is 18.2 Å². The molecule has 0 bridgehead atoms. The first-order chi connectivity index (χ1) is 9.81. The molecule has 7 heteroatoms. The summed E-state index contributed by atoms with van der Waals surface area (Å²) >= 11 is 0. The van der Waals surface area contributed by atoms with Gasteiger partial charge in [0.2, 0.25) is 0 Å². The molecule has 0 aliphatic carbocycles. The number of carbonyl (C=O) groups excluding carboxylic acids is 1. The van der Waals surface area contributed by atoms with Crippen molar-refractivity contribution in [2.75, 3.05) is 33.4 Å². The zero-order valence-corrected chi connectivity index (χ0v) is 11.7. The first-order valence-corrected chi connectivity index (χ1v) is 7.13. The van der Waals surface area contributed by atoms with Crippen molar-refractivity contribution in [2.24, 2.45) is 0 Å². The monoisotopic (exact) mass is 280 g/mol.